The zero-order valence-corrected chi connectivity index (χ0v) is 10.9. The molecule has 0 aromatic carbocycles. The Hall–Kier alpha value is -0.810. The molecule has 0 aliphatic heterocycles. The summed E-state index contributed by atoms with van der Waals surface area (Å²) in [7, 11) is 2.04. The van der Waals surface area contributed by atoms with Crippen molar-refractivity contribution in [3.8, 4) is 0 Å². The van der Waals surface area contributed by atoms with Crippen LogP contribution in [0, 0.1) is 5.41 Å². The number of hydrogen-bond donors (Lipinski definition) is 2. The van der Waals surface area contributed by atoms with Crippen molar-refractivity contribution in [2.75, 3.05) is 33.4 Å². The largest absolute Gasteiger partial charge is 0.409 e. The summed E-state index contributed by atoms with van der Waals surface area (Å²) in [5, 5.41) is 11.7. The van der Waals surface area contributed by atoms with Crippen LogP contribution in [-0.4, -0.2) is 49.3 Å². The fraction of sp³-hybridized carbons (Fsp3) is 0.909. The molecule has 0 fully saturated rings. The van der Waals surface area contributed by atoms with Crippen molar-refractivity contribution in [3.05, 3.63) is 0 Å². The van der Waals surface area contributed by atoms with Crippen molar-refractivity contribution in [3.63, 3.8) is 0 Å². The molecule has 0 aromatic heterocycles. The van der Waals surface area contributed by atoms with Crippen LogP contribution in [-0.2, 0) is 4.74 Å². The molecule has 0 amide bonds. The normalized spacial score (nSPS) is 13.4. The number of amidine groups is 1. The van der Waals surface area contributed by atoms with E-state index in [1.54, 1.807) is 0 Å². The predicted molar refractivity (Wildman–Crippen MR) is 65.8 cm³/mol. The first-order valence-corrected chi connectivity index (χ1v) is 5.68. The molecule has 0 bridgehead atoms. The van der Waals surface area contributed by atoms with Crippen LogP contribution in [0.1, 0.15) is 27.2 Å². The number of hydrogen-bond acceptors (Lipinski definition) is 4. The summed E-state index contributed by atoms with van der Waals surface area (Å²) in [5.74, 6) is 0.283. The minimum Gasteiger partial charge on any atom is -0.409 e. The first-order chi connectivity index (χ1) is 7.44. The summed E-state index contributed by atoms with van der Waals surface area (Å²) < 4.78 is 5.27. The maximum absolute atomic E-state index is 8.64. The third kappa shape index (κ3) is 5.92. The molecule has 16 heavy (non-hydrogen) atoms. The second-order valence-electron chi connectivity index (χ2n) is 4.62. The quantitative estimate of drug-likeness (QED) is 0.216. The summed E-state index contributed by atoms with van der Waals surface area (Å²) in [6, 6.07) is 0. The molecular weight excluding hydrogens is 206 g/mol. The molecule has 0 atom stereocenters. The summed E-state index contributed by atoms with van der Waals surface area (Å²) in [5.41, 5.74) is 5.35. The average molecular weight is 231 g/mol. The number of nitrogens with two attached hydrogens (primary N) is 1. The molecule has 0 aliphatic rings. The van der Waals surface area contributed by atoms with E-state index in [1.807, 2.05) is 27.8 Å². The van der Waals surface area contributed by atoms with E-state index in [0.29, 0.717) is 0 Å². The van der Waals surface area contributed by atoms with Crippen molar-refractivity contribution >= 4 is 5.84 Å². The molecular formula is C11H25N3O2. The van der Waals surface area contributed by atoms with E-state index < -0.39 is 0 Å². The molecule has 5 heteroatoms. The highest BCUT2D eigenvalue weighted by molar-refractivity contribution is 5.85. The standard InChI is InChI=1S/C11H25N3O2/c1-5-16-9-8-14(4)7-6-11(2,3)10(12)13-15/h15H,5-9H2,1-4H3,(H2,12,13). The number of likely N-dealkylation sites (N-methyl/N-ethyl adjacent to an activating group) is 1. The smallest absolute Gasteiger partial charge is 0.144 e. The van der Waals surface area contributed by atoms with Gasteiger partial charge in [-0.2, -0.15) is 0 Å². The highest BCUT2D eigenvalue weighted by atomic mass is 16.5. The second kappa shape index (κ2) is 7.46. The summed E-state index contributed by atoms with van der Waals surface area (Å²) >= 11 is 0. The van der Waals surface area contributed by atoms with Crippen molar-refractivity contribution < 1.29 is 9.94 Å². The van der Waals surface area contributed by atoms with Crippen molar-refractivity contribution in [2.45, 2.75) is 27.2 Å². The monoisotopic (exact) mass is 231 g/mol. The lowest BCUT2D eigenvalue weighted by Gasteiger charge is -2.26. The third-order valence-electron chi connectivity index (χ3n) is 2.74. The van der Waals surface area contributed by atoms with Gasteiger partial charge in [0, 0.05) is 18.6 Å². The summed E-state index contributed by atoms with van der Waals surface area (Å²) in [6.45, 7) is 9.23. The van der Waals surface area contributed by atoms with E-state index in [0.717, 1.165) is 32.7 Å². The van der Waals surface area contributed by atoms with Gasteiger partial charge in [-0.05, 0) is 26.9 Å². The molecule has 0 radical (unpaired) electrons. The van der Waals surface area contributed by atoms with E-state index in [1.165, 1.54) is 0 Å². The van der Waals surface area contributed by atoms with Crippen molar-refractivity contribution in [1.29, 1.82) is 0 Å². The van der Waals surface area contributed by atoms with Crippen LogP contribution in [0.4, 0.5) is 0 Å². The van der Waals surface area contributed by atoms with E-state index in [-0.39, 0.29) is 11.3 Å². The van der Waals surface area contributed by atoms with Gasteiger partial charge in [-0.25, -0.2) is 0 Å². The molecule has 0 unspecified atom stereocenters. The van der Waals surface area contributed by atoms with Gasteiger partial charge in [0.05, 0.1) is 6.61 Å². The Balaban J connectivity index is 3.86. The van der Waals surface area contributed by atoms with Crippen LogP contribution in [0.2, 0.25) is 0 Å². The van der Waals surface area contributed by atoms with E-state index >= 15 is 0 Å². The summed E-state index contributed by atoms with van der Waals surface area (Å²) in [4.78, 5) is 2.18. The van der Waals surface area contributed by atoms with Gasteiger partial charge in [0.25, 0.3) is 0 Å². The number of oxime groups is 1. The van der Waals surface area contributed by atoms with Gasteiger partial charge in [0.1, 0.15) is 5.84 Å². The molecule has 5 nitrogen and oxygen atoms in total. The number of ether oxygens (including phenoxy) is 1. The van der Waals surface area contributed by atoms with Crippen LogP contribution in [0.15, 0.2) is 5.16 Å². The minimum atomic E-state index is -0.269. The first kappa shape index (κ1) is 15.2. The fourth-order valence-corrected chi connectivity index (χ4v) is 1.21. The van der Waals surface area contributed by atoms with Gasteiger partial charge in [-0.3, -0.25) is 0 Å². The van der Waals surface area contributed by atoms with Gasteiger partial charge in [-0.1, -0.05) is 19.0 Å². The molecule has 0 spiro atoms. The average Bonchev–Trinajstić information content (AvgIpc) is 2.25. The zero-order chi connectivity index (χ0) is 12.6. The maximum Gasteiger partial charge on any atom is 0.144 e. The highest BCUT2D eigenvalue weighted by Crippen LogP contribution is 2.20. The van der Waals surface area contributed by atoms with E-state index in [9.17, 15) is 0 Å². The van der Waals surface area contributed by atoms with Crippen LogP contribution in [0.5, 0.6) is 0 Å². The molecule has 0 aromatic rings. The Bertz CT molecular complexity index is 217. The van der Waals surface area contributed by atoms with Gasteiger partial charge in [-0.15, -0.1) is 0 Å². The van der Waals surface area contributed by atoms with E-state index in [2.05, 4.69) is 10.1 Å². The first-order valence-electron chi connectivity index (χ1n) is 5.68. The zero-order valence-electron chi connectivity index (χ0n) is 10.9. The number of nitrogens with zero attached hydrogens (tertiary/aromatic N) is 2. The molecule has 0 rings (SSSR count). The lowest BCUT2D eigenvalue weighted by Crippen LogP contribution is -2.36. The molecule has 0 heterocycles. The van der Waals surface area contributed by atoms with Crippen LogP contribution >= 0.6 is 0 Å². The molecule has 3 N–H and O–H groups in total. The molecule has 96 valence electrons. The summed E-state index contributed by atoms with van der Waals surface area (Å²) in [6.07, 6.45) is 0.853. The number of rotatable bonds is 8. The Morgan fingerprint density at radius 3 is 2.56 bits per heavy atom. The molecule has 0 saturated carbocycles. The van der Waals surface area contributed by atoms with Gasteiger partial charge < -0.3 is 20.6 Å². The Morgan fingerprint density at radius 1 is 1.44 bits per heavy atom. The lowest BCUT2D eigenvalue weighted by atomic mass is 9.88. The lowest BCUT2D eigenvalue weighted by molar-refractivity contribution is 0.119. The Morgan fingerprint density at radius 2 is 2.06 bits per heavy atom. The molecule has 0 saturated heterocycles. The van der Waals surface area contributed by atoms with E-state index in [4.69, 9.17) is 15.7 Å². The van der Waals surface area contributed by atoms with Gasteiger partial charge in [0.15, 0.2) is 0 Å². The van der Waals surface area contributed by atoms with Crippen LogP contribution in [0.3, 0.4) is 0 Å². The fourth-order valence-electron chi connectivity index (χ4n) is 1.21. The Labute approximate surface area is 98.2 Å². The van der Waals surface area contributed by atoms with Crippen molar-refractivity contribution in [1.82, 2.24) is 4.90 Å². The van der Waals surface area contributed by atoms with Crippen LogP contribution < -0.4 is 5.73 Å². The predicted octanol–water partition coefficient (Wildman–Crippen LogP) is 1.12. The second-order valence-corrected chi connectivity index (χ2v) is 4.62. The van der Waals surface area contributed by atoms with Crippen molar-refractivity contribution in [2.24, 2.45) is 16.3 Å². The van der Waals surface area contributed by atoms with Crippen LogP contribution in [0.25, 0.3) is 0 Å². The highest BCUT2D eigenvalue weighted by Gasteiger charge is 2.23. The van der Waals surface area contributed by atoms with Gasteiger partial charge >= 0.3 is 0 Å². The SMILES string of the molecule is CCOCCN(C)CCC(C)(C)C(N)=NO. The topological polar surface area (TPSA) is 71.1 Å². The molecule has 0 aliphatic carbocycles. The third-order valence-corrected chi connectivity index (χ3v) is 2.74. The maximum atomic E-state index is 8.64. The van der Waals surface area contributed by atoms with Gasteiger partial charge in [0.2, 0.25) is 0 Å². The Kier molecular flexibility index (Phi) is 7.08. The minimum absolute atomic E-state index is 0.269.